The molecule has 2 amide bonds. The Bertz CT molecular complexity index is 2830. The molecule has 0 aromatic heterocycles. The van der Waals surface area contributed by atoms with Gasteiger partial charge >= 0.3 is 43.2 Å². The molecule has 2 unspecified atom stereocenters. The maximum Gasteiger partial charge on any atom is 0.692 e. The molecule has 4 heterocycles. The van der Waals surface area contributed by atoms with E-state index in [0.717, 1.165) is 76.9 Å². The second-order valence-corrected chi connectivity index (χ2v) is 37.1. The molecule has 4 saturated heterocycles. The number of nitrogens with zero attached hydrogens (tertiary/aromatic N) is 7. The molecule has 0 bridgehead atoms. The van der Waals surface area contributed by atoms with Crippen LogP contribution < -0.4 is 37.2 Å². The fourth-order valence-corrected chi connectivity index (χ4v) is 16.5. The molecule has 40 heteroatoms. The summed E-state index contributed by atoms with van der Waals surface area (Å²) in [6.45, 7) is 24.9. The van der Waals surface area contributed by atoms with Gasteiger partial charge < -0.3 is 88.7 Å². The summed E-state index contributed by atoms with van der Waals surface area (Å²) in [6, 6.07) is 26.7. The van der Waals surface area contributed by atoms with E-state index in [4.69, 9.17) is 52.4 Å². The lowest BCUT2D eigenvalue weighted by Gasteiger charge is -2.30. The number of rotatable bonds is 15. The third-order valence-electron chi connectivity index (χ3n) is 14.4. The highest BCUT2D eigenvalue weighted by molar-refractivity contribution is 7.66. The molecule has 0 spiro atoms. The van der Waals surface area contributed by atoms with Gasteiger partial charge in [-0.3, -0.25) is 47.3 Å². The van der Waals surface area contributed by atoms with Gasteiger partial charge in [0.2, 0.25) is 23.1 Å². The predicted octanol–water partition coefficient (Wildman–Crippen LogP) is 3.57. The highest BCUT2D eigenvalue weighted by atomic mass is 31.2. The van der Waals surface area contributed by atoms with Crippen molar-refractivity contribution < 1.29 is 104 Å². The van der Waals surface area contributed by atoms with E-state index in [9.17, 15) is 52.0 Å². The monoisotopic (exact) mass is 1560 g/mol. The largest absolute Gasteiger partial charge is 0.692 e. The smallest absolute Gasteiger partial charge is 0.444 e. The van der Waals surface area contributed by atoms with Crippen molar-refractivity contribution in [3.8, 4) is 0 Å². The lowest BCUT2D eigenvalue weighted by Crippen LogP contribution is -2.44. The molecule has 3 aromatic carbocycles. The van der Waals surface area contributed by atoms with Crippen molar-refractivity contribution in [1.82, 2.24) is 55.6 Å². The Morgan fingerprint density at radius 3 is 0.930 bits per heavy atom. The van der Waals surface area contributed by atoms with Crippen molar-refractivity contribution in [3.05, 3.63) is 91.0 Å². The highest BCUT2D eigenvalue weighted by Gasteiger charge is 2.32. The number of carbonyl (C=O) groups is 2. The van der Waals surface area contributed by atoms with Crippen LogP contribution in [0.5, 0.6) is 0 Å². The Labute approximate surface area is 592 Å². The molecular formula is C60H113N11O22P7+. The van der Waals surface area contributed by atoms with Crippen molar-refractivity contribution in [3.63, 3.8) is 0 Å². The number of nitrogens with one attached hydrogen (secondary N) is 4. The van der Waals surface area contributed by atoms with Crippen LogP contribution in [0.25, 0.3) is 0 Å². The van der Waals surface area contributed by atoms with Gasteiger partial charge in [-0.2, -0.15) is 0 Å². The summed E-state index contributed by atoms with van der Waals surface area (Å²) in [5.41, 5.74) is -1.03. The fraction of sp³-hybridized carbons (Fsp3) is 0.667. The van der Waals surface area contributed by atoms with Crippen LogP contribution in [0.15, 0.2) is 91.0 Å². The lowest BCUT2D eigenvalue weighted by atomic mass is 10.2. The van der Waals surface area contributed by atoms with Crippen LogP contribution in [0.2, 0.25) is 0 Å². The molecule has 2 atom stereocenters. The normalized spacial score (nSPS) is 18.9. The summed E-state index contributed by atoms with van der Waals surface area (Å²) in [5.74, 6) is 0. The standard InChI is InChI=1S/C21H32N3O7P3.C17H32N2O4.C8H11O2P.2C7H18N3O3P.HO3P/c25-32(26,20-7-3-1-4-8-20)17-22-11-12-23(14-16-24(15-13-22)19-34(29,30)31)18-33(27,28)21-9-5-2-6-10-21;1-16(2,3)22-14(20)18-10-8-7-9-11-19(13-12-18)15(21)23-17(4,5)6;1-9-11(10-2)8-6-4-3-5-7-8;2*11-14(12,13)7-10-5-3-8-1-2-9-4-6-10;1-4(2)3/h1-10H,11-19H2,(H,25,26)(H,27,28)(H2,29,30,31);7-13H2,1-6H3;3-7H,1-2H3;2*8-9H,1-7H2,(H2,11,12,13);(H-,1,2,3)/p+1. The zero-order chi connectivity index (χ0) is 75.1. The van der Waals surface area contributed by atoms with Gasteiger partial charge in [-0.05, 0) is 97.2 Å². The van der Waals surface area contributed by atoms with Gasteiger partial charge in [0.05, 0.1) is 12.6 Å². The second-order valence-electron chi connectivity index (χ2n) is 25.6. The van der Waals surface area contributed by atoms with Crippen LogP contribution in [0, 0.1) is 0 Å². The zero-order valence-electron chi connectivity index (χ0n) is 59.0. The zero-order valence-corrected chi connectivity index (χ0v) is 65.3. The summed E-state index contributed by atoms with van der Waals surface area (Å²) < 4.78 is 89.2. The summed E-state index contributed by atoms with van der Waals surface area (Å²) >= 11 is 0. The minimum absolute atomic E-state index is 0.121. The maximum absolute atomic E-state index is 13.1. The van der Waals surface area contributed by atoms with Crippen LogP contribution in [-0.2, 0) is 45.9 Å². The first-order valence-corrected chi connectivity index (χ1v) is 44.2. The first-order chi connectivity index (χ1) is 46.7. The topological polar surface area (TPSA) is 447 Å². The molecule has 574 valence electrons. The molecule has 33 nitrogen and oxygen atoms in total. The molecule has 4 aliphatic rings. The average molecular weight is 1560 g/mol. The van der Waals surface area contributed by atoms with Gasteiger partial charge in [0, 0.05) is 179 Å². The van der Waals surface area contributed by atoms with E-state index in [2.05, 4.69) is 21.3 Å². The Hall–Kier alpha value is -2.96. The summed E-state index contributed by atoms with van der Waals surface area (Å²) in [7, 11) is -20.0. The molecule has 4 aliphatic heterocycles. The Balaban J connectivity index is 0.000000446. The van der Waals surface area contributed by atoms with Gasteiger partial charge in [0.15, 0.2) is 0 Å². The second kappa shape index (κ2) is 48.3. The molecule has 4 fully saturated rings. The number of hydrogen-bond acceptors (Lipinski definition) is 21. The maximum atomic E-state index is 13.1. The summed E-state index contributed by atoms with van der Waals surface area (Å²) in [5, 5.41) is 14.5. The molecular weight excluding hydrogens is 1440 g/mol. The van der Waals surface area contributed by atoms with E-state index in [1.165, 1.54) is 0 Å². The van der Waals surface area contributed by atoms with Crippen molar-refractivity contribution in [1.29, 1.82) is 0 Å². The van der Waals surface area contributed by atoms with Gasteiger partial charge in [0.25, 0.3) is 0 Å². The predicted molar refractivity (Wildman–Crippen MR) is 390 cm³/mol. The van der Waals surface area contributed by atoms with Crippen LogP contribution >= 0.6 is 54.2 Å². The quantitative estimate of drug-likeness (QED) is 0.0967. The van der Waals surface area contributed by atoms with E-state index in [1.807, 2.05) is 71.9 Å². The number of amides is 2. The van der Waals surface area contributed by atoms with E-state index >= 15 is 0 Å². The molecule has 3 aromatic rings. The third kappa shape index (κ3) is 46.8. The van der Waals surface area contributed by atoms with Gasteiger partial charge in [-0.15, -0.1) is 9.79 Å². The number of benzene rings is 3. The van der Waals surface area contributed by atoms with Crippen LogP contribution in [0.1, 0.15) is 60.8 Å². The van der Waals surface area contributed by atoms with Crippen molar-refractivity contribution in [2.45, 2.75) is 72.0 Å². The van der Waals surface area contributed by atoms with Crippen molar-refractivity contribution in [2.75, 3.05) is 190 Å². The van der Waals surface area contributed by atoms with Crippen LogP contribution in [0.3, 0.4) is 0 Å². The van der Waals surface area contributed by atoms with Crippen molar-refractivity contribution >= 4 is 82.3 Å². The molecule has 100 heavy (non-hydrogen) atoms. The number of carbonyl (C=O) groups excluding carboxylic acids is 2. The third-order valence-corrected chi connectivity index (χ3v) is 21.9. The van der Waals surface area contributed by atoms with Crippen LogP contribution in [0.4, 0.5) is 9.59 Å². The Kier molecular flexibility index (Phi) is 45.0. The Morgan fingerprint density at radius 2 is 0.670 bits per heavy atom. The SMILES string of the molecule is CC(C)(C)OC(=O)N1CCCCCN(C(=O)OC(C)(C)C)CC1.COP(OC)c1ccccc1.O=P(O)(O)CN1CCN(CP(=O)(O)c2ccccc2)CCN(CP(=O)(O)c2ccccc2)CC1.O=P(O)(O)CN1CCNCCNCC1.O=P(O)(O)CN1CCNCCNCC1.O=[P+](O)O. The first kappa shape index (κ1) is 93.1. The highest BCUT2D eigenvalue weighted by Crippen LogP contribution is 2.42. The van der Waals surface area contributed by atoms with Crippen molar-refractivity contribution in [2.24, 2.45) is 0 Å². The Morgan fingerprint density at radius 1 is 0.410 bits per heavy atom. The average Bonchev–Trinajstić information content (AvgIpc) is 1.17. The minimum atomic E-state index is -4.32. The van der Waals surface area contributed by atoms with Gasteiger partial charge in [-0.1, -0.05) is 54.6 Å². The summed E-state index contributed by atoms with van der Waals surface area (Å²) in [6.07, 6.45) is 1.20. The molecule has 0 aliphatic carbocycles. The molecule has 0 radical (unpaired) electrons. The van der Waals surface area contributed by atoms with Crippen LogP contribution in [-0.4, -0.2) is 296 Å². The molecule has 14 N–H and O–H groups in total. The van der Waals surface area contributed by atoms with Gasteiger partial charge in [0.1, 0.15) is 30.1 Å². The molecule has 0 saturated carbocycles. The van der Waals surface area contributed by atoms with E-state index in [-0.39, 0.29) is 37.3 Å². The lowest BCUT2D eigenvalue weighted by molar-refractivity contribution is 0.0148. The van der Waals surface area contributed by atoms with E-state index in [1.54, 1.807) is 109 Å². The number of ether oxygens (including phenoxy) is 2. The van der Waals surface area contributed by atoms with E-state index < -0.39 is 71.6 Å². The minimum Gasteiger partial charge on any atom is -0.444 e. The molecule has 7 rings (SSSR count). The summed E-state index contributed by atoms with van der Waals surface area (Å²) in [4.78, 5) is 127. The van der Waals surface area contributed by atoms with E-state index in [0.29, 0.717) is 102 Å². The first-order valence-electron chi connectivity index (χ1n) is 32.8. The fourth-order valence-electron chi connectivity index (χ4n) is 9.83. The van der Waals surface area contributed by atoms with Gasteiger partial charge in [-0.25, -0.2) is 9.59 Å². The number of hydrogen-bond donors (Lipinski definition) is 14.